The number of carbonyl (C=O) groups excluding carboxylic acids is 2. The molecule has 8 nitrogen and oxygen atoms in total. The van der Waals surface area contributed by atoms with Gasteiger partial charge < -0.3 is 0 Å². The van der Waals surface area contributed by atoms with Gasteiger partial charge in [0.05, 0.1) is 21.1 Å². The predicted molar refractivity (Wildman–Crippen MR) is 230 cm³/mol. The number of allylic oxidation sites excluding steroid dienone is 6. The van der Waals surface area contributed by atoms with Crippen LogP contribution < -0.4 is 0 Å². The van der Waals surface area contributed by atoms with Crippen molar-refractivity contribution < 1.29 is 27.2 Å². The molecule has 2 aromatic heterocycles. The zero-order chi connectivity index (χ0) is 44.4. The Morgan fingerprint density at radius 3 is 1.20 bits per heavy atom. The van der Waals surface area contributed by atoms with Gasteiger partial charge in [0.25, 0.3) is 0 Å². The lowest BCUT2D eigenvalue weighted by molar-refractivity contribution is 0.103. The molecule has 0 bridgehead atoms. The van der Waals surface area contributed by atoms with E-state index in [1.807, 2.05) is 24.3 Å². The number of nitrogens with zero attached hydrogens (tertiary/aromatic N) is 6. The predicted octanol–water partition coefficient (Wildman–Crippen LogP) is 11.8. The van der Waals surface area contributed by atoms with Crippen molar-refractivity contribution in [1.29, 1.82) is 21.0 Å². The van der Waals surface area contributed by atoms with Crippen molar-refractivity contribution in [2.24, 2.45) is 0 Å². The normalized spacial score (nSPS) is 19.2. The lowest BCUT2D eigenvalue weighted by Crippen LogP contribution is -2.30. The van der Waals surface area contributed by atoms with E-state index < -0.39 is 56.8 Å². The number of hydrogen-bond acceptors (Lipinski definition) is 10. The van der Waals surface area contributed by atoms with Gasteiger partial charge in [-0.25, -0.2) is 27.5 Å². The number of thiazole rings is 2. The molecule has 3 aromatic carbocycles. The topological polar surface area (TPSA) is 155 Å². The highest BCUT2D eigenvalue weighted by molar-refractivity contribution is 7.16. The van der Waals surface area contributed by atoms with Gasteiger partial charge in [-0.15, -0.1) is 22.7 Å². The fourth-order valence-corrected chi connectivity index (χ4v) is 13.5. The average molecular weight is 885 g/mol. The van der Waals surface area contributed by atoms with Crippen LogP contribution in [-0.2, 0) is 10.8 Å². The van der Waals surface area contributed by atoms with Gasteiger partial charge in [-0.1, -0.05) is 38.5 Å². The molecule has 5 aromatic rings. The second-order valence-electron chi connectivity index (χ2n) is 17.0. The monoisotopic (exact) mass is 884 g/mol. The van der Waals surface area contributed by atoms with E-state index in [0.29, 0.717) is 10.0 Å². The van der Waals surface area contributed by atoms with E-state index in [0.717, 1.165) is 132 Å². The Balaban J connectivity index is 1.07. The van der Waals surface area contributed by atoms with Crippen LogP contribution in [-0.4, -0.2) is 21.5 Å². The molecular weight excluding hydrogens is 857 g/mol. The van der Waals surface area contributed by atoms with E-state index in [1.54, 1.807) is 0 Å². The van der Waals surface area contributed by atoms with Gasteiger partial charge in [0.2, 0.25) is 0 Å². The number of halogens is 4. The number of rotatable bonds is 2. The molecule has 64 heavy (non-hydrogen) atoms. The molecular formula is C50H28F4N6O2S2. The van der Waals surface area contributed by atoms with Crippen molar-refractivity contribution >= 4 is 57.5 Å². The third kappa shape index (κ3) is 5.34. The standard InChI is InChI=1S/C50H28F4N6O2S2/c51-35-13-25-27(15-37(35)53)43(61)31(41(25)23(19-55)20-56)17-39-59-47-45(63-39)29-12-34-30(11-33(29)49(47)7-3-1-4-8-49)46-48(50(34)9-5-2-6-10-50)60-40(64-46)18-32-42(24(21-57)22-58)26-14-36(52)38(54)16-28(26)44(32)62/h11-18H,1-10H2/b31-17-,32-18-. The second kappa shape index (κ2) is 14.2. The first-order valence-corrected chi connectivity index (χ1v) is 22.4. The largest absolute Gasteiger partial charge is 0.289 e. The van der Waals surface area contributed by atoms with Gasteiger partial charge >= 0.3 is 0 Å². The number of fused-ring (bicyclic) bond motifs is 12. The summed E-state index contributed by atoms with van der Waals surface area (Å²) in [6.07, 6.45) is 12.3. The molecule has 6 aliphatic rings. The summed E-state index contributed by atoms with van der Waals surface area (Å²) in [5.41, 5.74) is 3.98. The van der Waals surface area contributed by atoms with Crippen LogP contribution >= 0.6 is 22.7 Å². The third-order valence-corrected chi connectivity index (χ3v) is 16.0. The van der Waals surface area contributed by atoms with Crippen molar-refractivity contribution in [3.05, 3.63) is 137 Å². The summed E-state index contributed by atoms with van der Waals surface area (Å²) in [5.74, 6) is -6.09. The van der Waals surface area contributed by atoms with E-state index in [2.05, 4.69) is 12.1 Å². The average Bonchev–Trinajstić information content (AvgIpc) is 4.12. The molecule has 2 fully saturated rings. The summed E-state index contributed by atoms with van der Waals surface area (Å²) in [6, 6.07) is 15.2. The van der Waals surface area contributed by atoms with Crippen molar-refractivity contribution in [3.63, 3.8) is 0 Å². The first-order valence-electron chi connectivity index (χ1n) is 20.8. The van der Waals surface area contributed by atoms with Gasteiger partial charge in [0.1, 0.15) is 45.4 Å². The zero-order valence-corrected chi connectivity index (χ0v) is 35.2. The van der Waals surface area contributed by atoms with Gasteiger partial charge in [0.15, 0.2) is 34.8 Å². The minimum atomic E-state index is -1.21. The number of nitriles is 4. The van der Waals surface area contributed by atoms with Crippen LogP contribution in [0.5, 0.6) is 0 Å². The van der Waals surface area contributed by atoms with Crippen LogP contribution in [0.3, 0.4) is 0 Å². The number of carbonyl (C=O) groups is 2. The number of Topliss-reactive ketones (excluding diaryl/α,β-unsaturated/α-hetero) is 2. The molecule has 0 atom stereocenters. The minimum absolute atomic E-state index is 0.0167. The zero-order valence-electron chi connectivity index (χ0n) is 33.5. The molecule has 2 spiro atoms. The first-order chi connectivity index (χ1) is 31.0. The van der Waals surface area contributed by atoms with Gasteiger partial charge in [-0.2, -0.15) is 21.0 Å². The van der Waals surface area contributed by atoms with Gasteiger partial charge in [-0.05, 0) is 108 Å². The SMILES string of the molecule is N#CC(C#N)=C1/C(=C/c2nc3c(s2)-c2cc4c(cc2C32CCCCC2)-c2sc(/C=C3\C(=O)c5cc(F)c(F)cc5C3=C(C#N)C#N)nc2C42CCCCC2)C(=O)c2cc(F)c(F)cc21. The molecule has 0 unspecified atom stereocenters. The number of benzene rings is 3. The van der Waals surface area contributed by atoms with Gasteiger partial charge in [-0.3, -0.25) is 9.59 Å². The number of aromatic nitrogens is 2. The summed E-state index contributed by atoms with van der Waals surface area (Å²) in [5, 5.41) is 40.5. The Hall–Kier alpha value is -7.10. The molecule has 2 saturated carbocycles. The third-order valence-electron chi connectivity index (χ3n) is 13.9. The van der Waals surface area contributed by atoms with Crippen molar-refractivity contribution in [2.45, 2.75) is 75.0 Å². The summed E-state index contributed by atoms with van der Waals surface area (Å²) in [6.45, 7) is 0. The molecule has 0 radical (unpaired) electrons. The molecule has 310 valence electrons. The molecule has 0 N–H and O–H groups in total. The summed E-state index contributed by atoms with van der Waals surface area (Å²) >= 11 is 2.80. The van der Waals surface area contributed by atoms with Crippen LogP contribution in [0.15, 0.2) is 58.7 Å². The Morgan fingerprint density at radius 1 is 0.516 bits per heavy atom. The Labute approximate surface area is 371 Å². The smallest absolute Gasteiger partial charge is 0.194 e. The minimum Gasteiger partial charge on any atom is -0.289 e. The summed E-state index contributed by atoms with van der Waals surface area (Å²) in [4.78, 5) is 40.0. The molecule has 0 saturated heterocycles. The summed E-state index contributed by atoms with van der Waals surface area (Å²) < 4.78 is 57.9. The molecule has 2 heterocycles. The second-order valence-corrected chi connectivity index (χ2v) is 19.1. The van der Waals surface area contributed by atoms with Gasteiger partial charge in [0, 0.05) is 44.2 Å². The van der Waals surface area contributed by atoms with Crippen molar-refractivity contribution in [1.82, 2.24) is 9.97 Å². The molecule has 0 amide bonds. The van der Waals surface area contributed by atoms with Crippen LogP contribution in [0.4, 0.5) is 17.6 Å². The van der Waals surface area contributed by atoms with E-state index in [1.165, 1.54) is 34.8 Å². The highest BCUT2D eigenvalue weighted by Crippen LogP contribution is 2.64. The Morgan fingerprint density at radius 2 is 0.859 bits per heavy atom. The molecule has 11 rings (SSSR count). The van der Waals surface area contributed by atoms with E-state index in [4.69, 9.17) is 9.97 Å². The maximum Gasteiger partial charge on any atom is 0.194 e. The highest BCUT2D eigenvalue weighted by atomic mass is 32.1. The maximum absolute atomic E-state index is 14.5. The lowest BCUT2D eigenvalue weighted by Gasteiger charge is -2.36. The van der Waals surface area contributed by atoms with E-state index in [-0.39, 0.29) is 44.5 Å². The Kier molecular flexibility index (Phi) is 8.82. The first kappa shape index (κ1) is 39.7. The van der Waals surface area contributed by atoms with E-state index >= 15 is 0 Å². The Bertz CT molecular complexity index is 3130. The highest BCUT2D eigenvalue weighted by Gasteiger charge is 2.52. The van der Waals surface area contributed by atoms with Crippen LogP contribution in [0.1, 0.15) is 129 Å². The van der Waals surface area contributed by atoms with Crippen molar-refractivity contribution in [3.8, 4) is 45.2 Å². The molecule has 6 aliphatic carbocycles. The fraction of sp³-hybridized carbons (Fsp3) is 0.240. The summed E-state index contributed by atoms with van der Waals surface area (Å²) in [7, 11) is 0. The number of hydrogen-bond donors (Lipinski definition) is 0. The molecule has 0 aliphatic heterocycles. The maximum atomic E-state index is 14.5. The lowest BCUT2D eigenvalue weighted by atomic mass is 9.67. The van der Waals surface area contributed by atoms with Crippen LogP contribution in [0.2, 0.25) is 0 Å². The quantitative estimate of drug-likeness (QED) is 0.0964. The molecule has 14 heteroatoms. The van der Waals surface area contributed by atoms with Crippen LogP contribution in [0, 0.1) is 68.6 Å². The van der Waals surface area contributed by atoms with E-state index in [9.17, 15) is 48.2 Å². The van der Waals surface area contributed by atoms with Crippen LogP contribution in [0.25, 0.3) is 44.2 Å². The fourth-order valence-electron chi connectivity index (χ4n) is 11.2. The number of ketones is 2. The van der Waals surface area contributed by atoms with Crippen molar-refractivity contribution in [2.75, 3.05) is 0 Å².